The number of hydrogen-bond donors (Lipinski definition) is 0. The maximum absolute atomic E-state index is 2.38. The van der Waals surface area contributed by atoms with Gasteiger partial charge in [-0.15, -0.1) is 0 Å². The van der Waals surface area contributed by atoms with E-state index in [1.165, 1.54) is 23.4 Å². The van der Waals surface area contributed by atoms with Crippen LogP contribution in [0.4, 0.5) is 0 Å². The first-order valence-corrected chi connectivity index (χ1v) is 8.51. The number of nitrogens with zero attached hydrogens (tertiary/aromatic N) is 2. The lowest BCUT2D eigenvalue weighted by atomic mass is 9.83. The number of rotatable bonds is 8. The third-order valence-electron chi connectivity index (χ3n) is 4.93. The number of allylic oxidation sites excluding steroid dienone is 3. The van der Waals surface area contributed by atoms with E-state index in [0.717, 1.165) is 13.0 Å². The van der Waals surface area contributed by atoms with Crippen LogP contribution in [0.2, 0.25) is 0 Å². The molecule has 0 aromatic heterocycles. The van der Waals surface area contributed by atoms with Gasteiger partial charge < -0.3 is 9.80 Å². The van der Waals surface area contributed by atoms with E-state index in [9.17, 15) is 0 Å². The van der Waals surface area contributed by atoms with Gasteiger partial charge in [0.25, 0.3) is 0 Å². The van der Waals surface area contributed by atoms with Crippen molar-refractivity contribution in [2.24, 2.45) is 11.8 Å². The second-order valence-corrected chi connectivity index (χ2v) is 6.50. The van der Waals surface area contributed by atoms with E-state index in [1.54, 1.807) is 5.57 Å². The maximum Gasteiger partial charge on any atom is 0.0192 e. The van der Waals surface area contributed by atoms with Crippen LogP contribution >= 0.6 is 0 Å². The normalized spacial score (nSPS) is 16.9. The molecular weight excluding hydrogens is 256 g/mol. The van der Waals surface area contributed by atoms with Gasteiger partial charge in [-0.25, -0.2) is 0 Å². The molecule has 0 spiro atoms. The third kappa shape index (κ3) is 5.09. The zero-order valence-electron chi connectivity index (χ0n) is 16.2. The van der Waals surface area contributed by atoms with E-state index < -0.39 is 0 Å². The molecular formula is C19H38N2. The van der Waals surface area contributed by atoms with Crippen molar-refractivity contribution >= 4 is 0 Å². The van der Waals surface area contributed by atoms with Gasteiger partial charge in [0, 0.05) is 45.0 Å². The number of hydrogen-bond acceptors (Lipinski definition) is 2. The average Bonchev–Trinajstić information content (AvgIpc) is 2.45. The zero-order chi connectivity index (χ0) is 16.7. The van der Waals surface area contributed by atoms with Crippen LogP contribution in [-0.4, -0.2) is 37.5 Å². The first-order valence-electron chi connectivity index (χ1n) is 8.51. The molecule has 124 valence electrons. The predicted molar refractivity (Wildman–Crippen MR) is 96.3 cm³/mol. The molecule has 21 heavy (non-hydrogen) atoms. The Kier molecular flexibility index (Phi) is 8.77. The van der Waals surface area contributed by atoms with Crippen molar-refractivity contribution in [3.63, 3.8) is 0 Å². The minimum atomic E-state index is 0.476. The minimum absolute atomic E-state index is 0.476. The van der Waals surface area contributed by atoms with Crippen LogP contribution in [0.3, 0.4) is 0 Å². The Morgan fingerprint density at radius 2 is 1.48 bits per heavy atom. The van der Waals surface area contributed by atoms with Gasteiger partial charge in [0.1, 0.15) is 0 Å². The lowest BCUT2D eigenvalue weighted by Gasteiger charge is -2.34. The van der Waals surface area contributed by atoms with Crippen molar-refractivity contribution in [2.75, 3.05) is 27.7 Å². The molecule has 0 saturated carbocycles. The Morgan fingerprint density at radius 1 is 0.952 bits per heavy atom. The molecule has 0 heterocycles. The standard InChI is InChI=1S/C19H38N2/c1-11-14(4)18(17(7)21(10)13-3)16(6)19(20(8)9)15(5)12-2/h14,16H,11-13H2,1-10H3/b18-17+,19-15-. The highest BCUT2D eigenvalue weighted by atomic mass is 15.1. The average molecular weight is 295 g/mol. The predicted octanol–water partition coefficient (Wildman–Crippen LogP) is 5.14. The second-order valence-electron chi connectivity index (χ2n) is 6.50. The van der Waals surface area contributed by atoms with Crippen molar-refractivity contribution in [1.82, 2.24) is 9.80 Å². The lowest BCUT2D eigenvalue weighted by Crippen LogP contribution is -2.27. The smallest absolute Gasteiger partial charge is 0.0192 e. The summed E-state index contributed by atoms with van der Waals surface area (Å²) in [6.45, 7) is 17.1. The molecule has 0 radical (unpaired) electrons. The summed E-state index contributed by atoms with van der Waals surface area (Å²) in [5, 5.41) is 0. The Bertz CT molecular complexity index is 377. The molecule has 2 heteroatoms. The van der Waals surface area contributed by atoms with Crippen LogP contribution in [-0.2, 0) is 0 Å². The van der Waals surface area contributed by atoms with Crippen molar-refractivity contribution in [2.45, 2.75) is 61.3 Å². The van der Waals surface area contributed by atoms with Gasteiger partial charge in [-0.2, -0.15) is 0 Å². The highest BCUT2D eigenvalue weighted by molar-refractivity contribution is 5.27. The molecule has 2 nitrogen and oxygen atoms in total. The molecule has 0 N–H and O–H groups in total. The summed E-state index contributed by atoms with van der Waals surface area (Å²) >= 11 is 0. The van der Waals surface area contributed by atoms with Gasteiger partial charge in [0.15, 0.2) is 0 Å². The first-order chi connectivity index (χ1) is 9.72. The molecule has 0 aliphatic heterocycles. The Balaban J connectivity index is 5.96. The molecule has 0 aromatic rings. The molecule has 2 atom stereocenters. The van der Waals surface area contributed by atoms with Gasteiger partial charge in [-0.3, -0.25) is 0 Å². The van der Waals surface area contributed by atoms with Crippen LogP contribution in [0, 0.1) is 11.8 Å². The molecule has 0 fully saturated rings. The van der Waals surface area contributed by atoms with Crippen LogP contribution in [0.25, 0.3) is 0 Å². The van der Waals surface area contributed by atoms with E-state index in [-0.39, 0.29) is 0 Å². The highest BCUT2D eigenvalue weighted by Crippen LogP contribution is 2.34. The van der Waals surface area contributed by atoms with Crippen molar-refractivity contribution in [3.05, 3.63) is 22.5 Å². The molecule has 0 bridgehead atoms. The lowest BCUT2D eigenvalue weighted by molar-refractivity contribution is 0.389. The molecule has 0 saturated heterocycles. The fourth-order valence-electron chi connectivity index (χ4n) is 3.24. The monoisotopic (exact) mass is 294 g/mol. The SMILES string of the molecule is CC/C(C)=C(/C(C)/C(=C(\C)N(C)CC)C(C)CC)N(C)C. The van der Waals surface area contributed by atoms with Crippen LogP contribution < -0.4 is 0 Å². The van der Waals surface area contributed by atoms with E-state index in [2.05, 4.69) is 79.4 Å². The maximum atomic E-state index is 2.38. The van der Waals surface area contributed by atoms with E-state index in [4.69, 9.17) is 0 Å². The van der Waals surface area contributed by atoms with Gasteiger partial charge in [0.2, 0.25) is 0 Å². The summed E-state index contributed by atoms with van der Waals surface area (Å²) in [4.78, 5) is 4.69. The quantitative estimate of drug-likeness (QED) is 0.611. The summed E-state index contributed by atoms with van der Waals surface area (Å²) < 4.78 is 0. The molecule has 0 aliphatic carbocycles. The summed E-state index contributed by atoms with van der Waals surface area (Å²) in [6, 6.07) is 0. The zero-order valence-corrected chi connectivity index (χ0v) is 16.2. The summed E-state index contributed by atoms with van der Waals surface area (Å²) in [5.74, 6) is 1.09. The van der Waals surface area contributed by atoms with Crippen molar-refractivity contribution in [1.29, 1.82) is 0 Å². The molecule has 0 aromatic carbocycles. The van der Waals surface area contributed by atoms with E-state index in [0.29, 0.717) is 11.8 Å². The Labute approximate surface area is 133 Å². The van der Waals surface area contributed by atoms with Crippen molar-refractivity contribution in [3.8, 4) is 0 Å². The summed E-state index contributed by atoms with van der Waals surface area (Å²) in [7, 11) is 6.56. The fourth-order valence-corrected chi connectivity index (χ4v) is 3.24. The second kappa shape index (κ2) is 9.17. The molecule has 0 amide bonds. The largest absolute Gasteiger partial charge is 0.381 e. The van der Waals surface area contributed by atoms with E-state index >= 15 is 0 Å². The Hall–Kier alpha value is -0.920. The van der Waals surface area contributed by atoms with Gasteiger partial charge in [0.05, 0.1) is 0 Å². The molecule has 0 rings (SSSR count). The minimum Gasteiger partial charge on any atom is -0.381 e. The summed E-state index contributed by atoms with van der Waals surface area (Å²) in [6.07, 6.45) is 2.31. The van der Waals surface area contributed by atoms with Crippen LogP contribution in [0.15, 0.2) is 22.5 Å². The first kappa shape index (κ1) is 20.1. The van der Waals surface area contributed by atoms with E-state index in [1.807, 2.05) is 0 Å². The molecule has 2 unspecified atom stereocenters. The third-order valence-corrected chi connectivity index (χ3v) is 4.93. The molecule has 0 aliphatic rings. The van der Waals surface area contributed by atoms with Gasteiger partial charge in [-0.1, -0.05) is 33.3 Å². The highest BCUT2D eigenvalue weighted by Gasteiger charge is 2.24. The summed E-state index contributed by atoms with van der Waals surface area (Å²) in [5.41, 5.74) is 6.03. The Morgan fingerprint density at radius 3 is 1.81 bits per heavy atom. The topological polar surface area (TPSA) is 6.48 Å². The fraction of sp³-hybridized carbons (Fsp3) is 0.789. The van der Waals surface area contributed by atoms with Crippen LogP contribution in [0.1, 0.15) is 61.3 Å². The van der Waals surface area contributed by atoms with Crippen LogP contribution in [0.5, 0.6) is 0 Å². The van der Waals surface area contributed by atoms with Gasteiger partial charge >= 0.3 is 0 Å². The van der Waals surface area contributed by atoms with Gasteiger partial charge in [-0.05, 0) is 45.1 Å². The van der Waals surface area contributed by atoms with Crippen molar-refractivity contribution < 1.29 is 0 Å².